The number of hydrogen-bond donors (Lipinski definition) is 4. The molecule has 0 bridgehead atoms. The van der Waals surface area contributed by atoms with Gasteiger partial charge in [-0.25, -0.2) is 4.79 Å². The highest BCUT2D eigenvalue weighted by Crippen LogP contribution is 2.16. The van der Waals surface area contributed by atoms with Crippen molar-refractivity contribution < 1.29 is 14.3 Å². The van der Waals surface area contributed by atoms with Gasteiger partial charge in [-0.3, -0.25) is 9.59 Å². The number of ether oxygens (including phenoxy) is 1. The summed E-state index contributed by atoms with van der Waals surface area (Å²) in [6.45, 7) is 0.369. The molecule has 0 aliphatic rings. The number of benzene rings is 3. The summed E-state index contributed by atoms with van der Waals surface area (Å²) in [4.78, 5) is 41.4. The second-order valence-corrected chi connectivity index (χ2v) is 7.29. The van der Waals surface area contributed by atoms with E-state index in [2.05, 4.69) is 20.6 Å². The van der Waals surface area contributed by atoms with Gasteiger partial charge < -0.3 is 25.3 Å². The van der Waals surface area contributed by atoms with Crippen LogP contribution in [-0.4, -0.2) is 28.9 Å². The van der Waals surface area contributed by atoms with E-state index in [4.69, 9.17) is 4.74 Å². The standard InChI is InChI=1S/C24H22N4O4/c1-32-19-9-4-15(5-10-19)12-22(29)25-14-16-2-6-17(7-3-16)23(30)26-18-8-11-20-21(13-18)28-24(31)27-20/h2-11,13H,12,14H2,1H3,(H,25,29)(H,26,30)(H2,27,28,31). The first-order valence-electron chi connectivity index (χ1n) is 10.0. The lowest BCUT2D eigenvalue weighted by molar-refractivity contribution is -0.120. The van der Waals surface area contributed by atoms with Gasteiger partial charge in [-0.15, -0.1) is 0 Å². The minimum absolute atomic E-state index is 0.0878. The SMILES string of the molecule is COc1ccc(CC(=O)NCc2ccc(C(=O)Nc3ccc4[nH]c(=O)[nH]c4c3)cc2)cc1. The van der Waals surface area contributed by atoms with Crippen LogP contribution in [0.15, 0.2) is 71.5 Å². The van der Waals surface area contributed by atoms with Gasteiger partial charge in [-0.1, -0.05) is 24.3 Å². The molecular formula is C24H22N4O4. The average molecular weight is 430 g/mol. The summed E-state index contributed by atoms with van der Waals surface area (Å²) >= 11 is 0. The van der Waals surface area contributed by atoms with Crippen LogP contribution in [-0.2, 0) is 17.8 Å². The molecule has 3 aromatic carbocycles. The van der Waals surface area contributed by atoms with Gasteiger partial charge in [0.15, 0.2) is 0 Å². The monoisotopic (exact) mass is 430 g/mol. The number of rotatable bonds is 7. The number of aromatic amines is 2. The highest BCUT2D eigenvalue weighted by Gasteiger charge is 2.08. The Morgan fingerprint density at radius 3 is 2.28 bits per heavy atom. The molecule has 1 heterocycles. The van der Waals surface area contributed by atoms with E-state index in [-0.39, 0.29) is 23.9 Å². The molecule has 162 valence electrons. The Morgan fingerprint density at radius 1 is 0.875 bits per heavy atom. The van der Waals surface area contributed by atoms with E-state index >= 15 is 0 Å². The molecule has 0 aliphatic heterocycles. The predicted octanol–water partition coefficient (Wildman–Crippen LogP) is 2.98. The van der Waals surface area contributed by atoms with Gasteiger partial charge in [0, 0.05) is 17.8 Å². The van der Waals surface area contributed by atoms with Gasteiger partial charge in [0.1, 0.15) is 5.75 Å². The van der Waals surface area contributed by atoms with Crippen molar-refractivity contribution in [3.8, 4) is 5.75 Å². The number of nitrogens with one attached hydrogen (secondary N) is 4. The first kappa shape index (κ1) is 20.9. The second-order valence-electron chi connectivity index (χ2n) is 7.29. The fourth-order valence-corrected chi connectivity index (χ4v) is 3.28. The highest BCUT2D eigenvalue weighted by molar-refractivity contribution is 6.05. The third-order valence-electron chi connectivity index (χ3n) is 5.00. The fourth-order valence-electron chi connectivity index (χ4n) is 3.28. The van der Waals surface area contributed by atoms with Gasteiger partial charge in [0.25, 0.3) is 5.91 Å². The molecular weight excluding hydrogens is 408 g/mol. The van der Waals surface area contributed by atoms with Gasteiger partial charge in [0.05, 0.1) is 24.6 Å². The largest absolute Gasteiger partial charge is 0.497 e. The summed E-state index contributed by atoms with van der Waals surface area (Å²) in [5, 5.41) is 5.69. The Hall–Kier alpha value is -4.33. The summed E-state index contributed by atoms with van der Waals surface area (Å²) in [6, 6.07) is 19.5. The molecule has 4 N–H and O–H groups in total. The van der Waals surface area contributed by atoms with E-state index < -0.39 is 0 Å². The highest BCUT2D eigenvalue weighted by atomic mass is 16.5. The smallest absolute Gasteiger partial charge is 0.323 e. The molecule has 0 unspecified atom stereocenters. The summed E-state index contributed by atoms with van der Waals surface area (Å²) in [5.41, 5.74) is 3.84. The Kier molecular flexibility index (Phi) is 6.03. The number of methoxy groups -OCH3 is 1. The van der Waals surface area contributed by atoms with Gasteiger partial charge in [-0.2, -0.15) is 0 Å². The Balaban J connectivity index is 1.31. The second kappa shape index (κ2) is 9.22. The molecule has 0 radical (unpaired) electrons. The molecule has 32 heavy (non-hydrogen) atoms. The Bertz CT molecular complexity index is 1300. The summed E-state index contributed by atoms with van der Waals surface area (Å²) in [7, 11) is 1.60. The minimum Gasteiger partial charge on any atom is -0.497 e. The molecule has 8 nitrogen and oxygen atoms in total. The van der Waals surface area contributed by atoms with Crippen molar-refractivity contribution in [2.75, 3.05) is 12.4 Å². The maximum absolute atomic E-state index is 12.5. The topological polar surface area (TPSA) is 116 Å². The lowest BCUT2D eigenvalue weighted by Gasteiger charge is -2.08. The van der Waals surface area contributed by atoms with Gasteiger partial charge >= 0.3 is 5.69 Å². The van der Waals surface area contributed by atoms with Crippen LogP contribution in [0, 0.1) is 0 Å². The van der Waals surface area contributed by atoms with E-state index in [9.17, 15) is 14.4 Å². The molecule has 0 spiro atoms. The molecule has 4 rings (SSSR count). The van der Waals surface area contributed by atoms with Crippen molar-refractivity contribution in [3.05, 3.63) is 93.9 Å². The molecule has 0 saturated carbocycles. The normalized spacial score (nSPS) is 10.7. The van der Waals surface area contributed by atoms with Crippen molar-refractivity contribution in [3.63, 3.8) is 0 Å². The van der Waals surface area contributed by atoms with Crippen molar-refractivity contribution >= 4 is 28.5 Å². The molecule has 0 atom stereocenters. The van der Waals surface area contributed by atoms with Crippen LogP contribution in [0.5, 0.6) is 5.75 Å². The number of aromatic nitrogens is 2. The van der Waals surface area contributed by atoms with Crippen LogP contribution in [0.3, 0.4) is 0 Å². The predicted molar refractivity (Wildman–Crippen MR) is 122 cm³/mol. The molecule has 2 amide bonds. The lowest BCUT2D eigenvalue weighted by atomic mass is 10.1. The van der Waals surface area contributed by atoms with E-state index in [0.717, 1.165) is 16.9 Å². The zero-order valence-electron chi connectivity index (χ0n) is 17.4. The van der Waals surface area contributed by atoms with Crippen LogP contribution in [0.25, 0.3) is 11.0 Å². The number of fused-ring (bicyclic) bond motifs is 1. The average Bonchev–Trinajstić information content (AvgIpc) is 3.18. The molecule has 1 aromatic heterocycles. The van der Waals surface area contributed by atoms with Crippen molar-refractivity contribution in [1.82, 2.24) is 15.3 Å². The fraction of sp³-hybridized carbons (Fsp3) is 0.125. The number of anilines is 1. The van der Waals surface area contributed by atoms with E-state index in [1.54, 1.807) is 49.6 Å². The maximum atomic E-state index is 12.5. The van der Waals surface area contributed by atoms with Gasteiger partial charge in [-0.05, 0) is 53.6 Å². The first-order chi connectivity index (χ1) is 15.5. The molecule has 8 heteroatoms. The Labute approximate surface area is 183 Å². The van der Waals surface area contributed by atoms with Crippen LogP contribution in [0.2, 0.25) is 0 Å². The number of carbonyl (C=O) groups is 2. The van der Waals surface area contributed by atoms with Gasteiger partial charge in [0.2, 0.25) is 5.91 Å². The third kappa shape index (κ3) is 5.04. The van der Waals surface area contributed by atoms with E-state index in [0.29, 0.717) is 28.8 Å². The quantitative estimate of drug-likeness (QED) is 0.361. The Morgan fingerprint density at radius 2 is 1.56 bits per heavy atom. The van der Waals surface area contributed by atoms with Crippen LogP contribution in [0.4, 0.5) is 5.69 Å². The zero-order valence-corrected chi connectivity index (χ0v) is 17.4. The first-order valence-corrected chi connectivity index (χ1v) is 10.0. The van der Waals surface area contributed by atoms with E-state index in [1.165, 1.54) is 0 Å². The number of H-pyrrole nitrogens is 2. The summed E-state index contributed by atoms with van der Waals surface area (Å²) in [5.74, 6) is 0.394. The summed E-state index contributed by atoms with van der Waals surface area (Å²) < 4.78 is 5.11. The van der Waals surface area contributed by atoms with Crippen LogP contribution in [0.1, 0.15) is 21.5 Å². The lowest BCUT2D eigenvalue weighted by Crippen LogP contribution is -2.24. The minimum atomic E-state index is -0.296. The maximum Gasteiger partial charge on any atom is 0.323 e. The summed E-state index contributed by atoms with van der Waals surface area (Å²) in [6.07, 6.45) is 0.279. The third-order valence-corrected chi connectivity index (χ3v) is 5.00. The number of carbonyl (C=O) groups excluding carboxylic acids is 2. The molecule has 0 fully saturated rings. The van der Waals surface area contributed by atoms with Crippen molar-refractivity contribution in [1.29, 1.82) is 0 Å². The molecule has 0 aliphatic carbocycles. The van der Waals surface area contributed by atoms with Crippen LogP contribution >= 0.6 is 0 Å². The van der Waals surface area contributed by atoms with Crippen molar-refractivity contribution in [2.24, 2.45) is 0 Å². The number of amides is 2. The molecule has 4 aromatic rings. The molecule has 0 saturated heterocycles. The van der Waals surface area contributed by atoms with Crippen molar-refractivity contribution in [2.45, 2.75) is 13.0 Å². The van der Waals surface area contributed by atoms with E-state index in [1.807, 2.05) is 24.3 Å². The number of imidazole rings is 1. The zero-order chi connectivity index (χ0) is 22.5. The van der Waals surface area contributed by atoms with Crippen LogP contribution < -0.4 is 21.1 Å². The number of hydrogen-bond acceptors (Lipinski definition) is 4.